The molecule has 1 fully saturated rings. The zero-order valence-electron chi connectivity index (χ0n) is 14.2. The smallest absolute Gasteiger partial charge is 0.226 e. The minimum absolute atomic E-state index is 0.201. The molecule has 1 aliphatic rings. The molecule has 0 spiro atoms. The Morgan fingerprint density at radius 3 is 2.48 bits per heavy atom. The molecule has 1 aromatic carbocycles. The van der Waals surface area contributed by atoms with Gasteiger partial charge in [-0.05, 0) is 56.6 Å². The molecule has 0 aromatic heterocycles. The van der Waals surface area contributed by atoms with Crippen molar-refractivity contribution in [3.8, 4) is 11.5 Å². The number of rotatable bonds is 8. The highest BCUT2D eigenvalue weighted by atomic mass is 16.5. The van der Waals surface area contributed by atoms with E-state index < -0.39 is 0 Å². The monoisotopic (exact) mass is 320 g/mol. The summed E-state index contributed by atoms with van der Waals surface area (Å²) >= 11 is 0. The van der Waals surface area contributed by atoms with E-state index in [0.29, 0.717) is 19.1 Å². The average Bonchev–Trinajstić information content (AvgIpc) is 2.61. The zero-order chi connectivity index (χ0) is 16.5. The van der Waals surface area contributed by atoms with Gasteiger partial charge in [-0.15, -0.1) is 0 Å². The molecule has 1 saturated heterocycles. The van der Waals surface area contributed by atoms with Crippen molar-refractivity contribution in [2.45, 2.75) is 38.6 Å². The van der Waals surface area contributed by atoms with Crippen LogP contribution in [-0.4, -0.2) is 50.2 Å². The Kier molecular flexibility index (Phi) is 7.20. The van der Waals surface area contributed by atoms with E-state index >= 15 is 0 Å². The van der Waals surface area contributed by atoms with E-state index in [1.54, 1.807) is 7.11 Å². The van der Waals surface area contributed by atoms with Gasteiger partial charge < -0.3 is 19.7 Å². The molecule has 2 rings (SSSR count). The lowest BCUT2D eigenvalue weighted by Gasteiger charge is -2.34. The third kappa shape index (κ3) is 5.43. The molecular weight excluding hydrogens is 292 g/mol. The zero-order valence-corrected chi connectivity index (χ0v) is 14.2. The lowest BCUT2D eigenvalue weighted by molar-refractivity contribution is -0.134. The number of piperidine rings is 1. The molecule has 0 atom stereocenters. The maximum Gasteiger partial charge on any atom is 0.226 e. The van der Waals surface area contributed by atoms with Crippen molar-refractivity contribution in [1.29, 1.82) is 0 Å². The number of benzene rings is 1. The van der Waals surface area contributed by atoms with Gasteiger partial charge in [-0.3, -0.25) is 4.79 Å². The third-order valence-corrected chi connectivity index (χ3v) is 4.18. The Morgan fingerprint density at radius 1 is 1.22 bits per heavy atom. The van der Waals surface area contributed by atoms with Crippen LogP contribution in [0.4, 0.5) is 0 Å². The number of methoxy groups -OCH3 is 1. The molecule has 5 heteroatoms. The summed E-state index contributed by atoms with van der Waals surface area (Å²) in [5, 5.41) is 3.35. The number of nitrogens with one attached hydrogen (secondary N) is 1. The first kappa shape index (κ1) is 17.6. The predicted octanol–water partition coefficient (Wildman–Crippen LogP) is 2.45. The Bertz CT molecular complexity index is 470. The Morgan fingerprint density at radius 2 is 1.87 bits per heavy atom. The predicted molar refractivity (Wildman–Crippen MR) is 91.0 cm³/mol. The van der Waals surface area contributed by atoms with Crippen molar-refractivity contribution in [3.05, 3.63) is 24.3 Å². The van der Waals surface area contributed by atoms with Gasteiger partial charge in [0.25, 0.3) is 0 Å². The molecule has 1 aliphatic heterocycles. The maximum absolute atomic E-state index is 12.5. The van der Waals surface area contributed by atoms with Crippen LogP contribution in [0.3, 0.4) is 0 Å². The van der Waals surface area contributed by atoms with Crippen LogP contribution in [0.2, 0.25) is 0 Å². The highest BCUT2D eigenvalue weighted by molar-refractivity contribution is 5.76. The fraction of sp³-hybridized carbons (Fsp3) is 0.611. The molecule has 1 amide bonds. The molecule has 23 heavy (non-hydrogen) atoms. The van der Waals surface area contributed by atoms with Crippen LogP contribution >= 0.6 is 0 Å². The maximum atomic E-state index is 12.5. The highest BCUT2D eigenvalue weighted by Crippen LogP contribution is 2.18. The number of nitrogens with zero attached hydrogens (tertiary/aromatic N) is 1. The first-order chi connectivity index (χ1) is 11.2. The number of amides is 1. The van der Waals surface area contributed by atoms with Crippen molar-refractivity contribution in [2.75, 3.05) is 33.4 Å². The van der Waals surface area contributed by atoms with Gasteiger partial charge in [0.1, 0.15) is 11.5 Å². The quantitative estimate of drug-likeness (QED) is 0.799. The summed E-state index contributed by atoms with van der Waals surface area (Å²) in [4.78, 5) is 14.6. The fourth-order valence-corrected chi connectivity index (χ4v) is 2.94. The van der Waals surface area contributed by atoms with Crippen LogP contribution in [0.15, 0.2) is 24.3 Å². The summed E-state index contributed by atoms with van der Waals surface area (Å²) in [6.07, 6.45) is 3.51. The lowest BCUT2D eigenvalue weighted by Crippen LogP contribution is -2.46. The number of hydrogen-bond acceptors (Lipinski definition) is 4. The van der Waals surface area contributed by atoms with Gasteiger partial charge in [-0.25, -0.2) is 0 Å². The first-order valence-corrected chi connectivity index (χ1v) is 8.51. The van der Waals surface area contributed by atoms with Crippen LogP contribution in [0.1, 0.15) is 32.6 Å². The van der Waals surface area contributed by atoms with E-state index in [0.717, 1.165) is 50.4 Å². The first-order valence-electron chi connectivity index (χ1n) is 8.51. The minimum Gasteiger partial charge on any atom is -0.497 e. The lowest BCUT2D eigenvalue weighted by atomic mass is 10.0. The van der Waals surface area contributed by atoms with Crippen molar-refractivity contribution < 1.29 is 14.3 Å². The van der Waals surface area contributed by atoms with Crippen molar-refractivity contribution >= 4 is 5.91 Å². The van der Waals surface area contributed by atoms with Gasteiger partial charge in [0, 0.05) is 12.6 Å². The topological polar surface area (TPSA) is 50.8 Å². The number of ether oxygens (including phenoxy) is 2. The molecule has 0 radical (unpaired) electrons. The van der Waals surface area contributed by atoms with Crippen molar-refractivity contribution in [1.82, 2.24) is 10.2 Å². The van der Waals surface area contributed by atoms with Gasteiger partial charge in [-0.1, -0.05) is 6.92 Å². The second-order valence-electron chi connectivity index (χ2n) is 5.84. The molecule has 1 N–H and O–H groups in total. The fourth-order valence-electron chi connectivity index (χ4n) is 2.94. The van der Waals surface area contributed by atoms with Crippen LogP contribution in [0.5, 0.6) is 11.5 Å². The SMILES string of the molecule is CCCN(C(=O)CCOc1ccc(OC)cc1)C1CCNCC1. The summed E-state index contributed by atoms with van der Waals surface area (Å²) in [6.45, 7) is 5.37. The minimum atomic E-state index is 0.201. The second-order valence-corrected chi connectivity index (χ2v) is 5.84. The van der Waals surface area contributed by atoms with Crippen LogP contribution in [-0.2, 0) is 4.79 Å². The van der Waals surface area contributed by atoms with Crippen LogP contribution in [0.25, 0.3) is 0 Å². The van der Waals surface area contributed by atoms with E-state index in [9.17, 15) is 4.79 Å². The largest absolute Gasteiger partial charge is 0.497 e. The molecular formula is C18H28N2O3. The number of carbonyl (C=O) groups excluding carboxylic acids is 1. The van der Waals surface area contributed by atoms with E-state index in [2.05, 4.69) is 17.1 Å². The average molecular weight is 320 g/mol. The second kappa shape index (κ2) is 9.40. The molecule has 1 aromatic rings. The Hall–Kier alpha value is -1.75. The van der Waals surface area contributed by atoms with Gasteiger partial charge in [0.05, 0.1) is 20.1 Å². The number of carbonyl (C=O) groups is 1. The van der Waals surface area contributed by atoms with Crippen LogP contribution in [0, 0.1) is 0 Å². The summed E-state index contributed by atoms with van der Waals surface area (Å²) in [5.74, 6) is 1.77. The van der Waals surface area contributed by atoms with E-state index in [1.807, 2.05) is 24.3 Å². The van der Waals surface area contributed by atoms with Crippen LogP contribution < -0.4 is 14.8 Å². The van der Waals surface area contributed by atoms with Gasteiger partial charge >= 0.3 is 0 Å². The molecule has 128 valence electrons. The normalized spacial score (nSPS) is 15.2. The standard InChI is InChI=1S/C18H28N2O3/c1-3-13-20(15-8-11-19-12-9-15)18(21)10-14-23-17-6-4-16(22-2)5-7-17/h4-7,15,19H,3,8-14H2,1-2H3. The summed E-state index contributed by atoms with van der Waals surface area (Å²) in [7, 11) is 1.64. The highest BCUT2D eigenvalue weighted by Gasteiger charge is 2.24. The van der Waals surface area contributed by atoms with Gasteiger partial charge in [-0.2, -0.15) is 0 Å². The molecule has 0 aliphatic carbocycles. The molecule has 0 bridgehead atoms. The summed E-state index contributed by atoms with van der Waals surface area (Å²) < 4.78 is 10.8. The molecule has 1 heterocycles. The van der Waals surface area contributed by atoms with E-state index in [4.69, 9.17) is 9.47 Å². The molecule has 0 unspecified atom stereocenters. The summed E-state index contributed by atoms with van der Waals surface area (Å²) in [6, 6.07) is 7.81. The number of hydrogen-bond donors (Lipinski definition) is 1. The van der Waals surface area contributed by atoms with E-state index in [-0.39, 0.29) is 5.91 Å². The van der Waals surface area contributed by atoms with Gasteiger partial charge in [0.2, 0.25) is 5.91 Å². The van der Waals surface area contributed by atoms with Gasteiger partial charge in [0.15, 0.2) is 0 Å². The molecule has 0 saturated carbocycles. The van der Waals surface area contributed by atoms with E-state index in [1.165, 1.54) is 0 Å². The third-order valence-electron chi connectivity index (χ3n) is 4.18. The van der Waals surface area contributed by atoms with Crippen molar-refractivity contribution in [3.63, 3.8) is 0 Å². The molecule has 5 nitrogen and oxygen atoms in total. The Balaban J connectivity index is 1.80. The Labute approximate surface area is 139 Å². The summed E-state index contributed by atoms with van der Waals surface area (Å²) in [5.41, 5.74) is 0. The van der Waals surface area contributed by atoms with Crippen molar-refractivity contribution in [2.24, 2.45) is 0 Å².